The number of benzene rings is 1. The van der Waals surface area contributed by atoms with Gasteiger partial charge < -0.3 is 5.11 Å². The van der Waals surface area contributed by atoms with Crippen molar-refractivity contribution in [1.29, 1.82) is 0 Å². The molecule has 0 unspecified atom stereocenters. The van der Waals surface area contributed by atoms with Gasteiger partial charge in [-0.25, -0.2) is 14.8 Å². The quantitative estimate of drug-likeness (QED) is 0.931. The Morgan fingerprint density at radius 2 is 1.70 bits per heavy atom. The fraction of sp³-hybridized carbons (Fsp3) is 0.312. The molecule has 0 aliphatic rings. The highest BCUT2D eigenvalue weighted by molar-refractivity contribution is 5.89. The number of hydrogen-bond donors (Lipinski definition) is 1. The number of aromatic nitrogens is 2. The van der Waals surface area contributed by atoms with Crippen molar-refractivity contribution in [3.05, 3.63) is 57.7 Å². The highest BCUT2D eigenvalue weighted by Crippen LogP contribution is 2.16. The number of rotatable bonds is 3. The van der Waals surface area contributed by atoms with E-state index in [0.29, 0.717) is 23.6 Å². The van der Waals surface area contributed by atoms with E-state index in [0.717, 1.165) is 0 Å². The van der Waals surface area contributed by atoms with Crippen LogP contribution in [0.1, 0.15) is 44.3 Å². The molecule has 1 aromatic heterocycles. The summed E-state index contributed by atoms with van der Waals surface area (Å²) in [4.78, 5) is 19.8. The van der Waals surface area contributed by atoms with Gasteiger partial charge in [-0.2, -0.15) is 0 Å². The third-order valence-electron chi connectivity index (χ3n) is 3.38. The van der Waals surface area contributed by atoms with Gasteiger partial charge in [0.15, 0.2) is 0 Å². The Morgan fingerprint density at radius 3 is 2.25 bits per heavy atom. The van der Waals surface area contributed by atoms with Gasteiger partial charge in [0, 0.05) is 6.42 Å². The third kappa shape index (κ3) is 2.85. The zero-order valence-electron chi connectivity index (χ0n) is 12.2. The number of aromatic carboxylic acids is 1. The molecule has 1 N–H and O–H groups in total. The second-order valence-electron chi connectivity index (χ2n) is 5.10. The molecule has 0 atom stereocenters. The molecule has 104 valence electrons. The molecule has 20 heavy (non-hydrogen) atoms. The van der Waals surface area contributed by atoms with Gasteiger partial charge in [-0.1, -0.05) is 23.8 Å². The zero-order valence-corrected chi connectivity index (χ0v) is 12.2. The number of carboxylic acids is 1. The molecule has 0 fully saturated rings. The van der Waals surface area contributed by atoms with Crippen molar-refractivity contribution in [3.63, 3.8) is 0 Å². The summed E-state index contributed by atoms with van der Waals surface area (Å²) >= 11 is 0. The molecular weight excluding hydrogens is 252 g/mol. The van der Waals surface area contributed by atoms with Crippen LogP contribution in [0.15, 0.2) is 18.2 Å². The molecule has 0 spiro atoms. The minimum atomic E-state index is -0.974. The Balaban J connectivity index is 2.40. The van der Waals surface area contributed by atoms with E-state index in [2.05, 4.69) is 35.1 Å². The Kier molecular flexibility index (Phi) is 3.84. The average Bonchev–Trinajstić information content (AvgIpc) is 2.32. The number of hydrogen-bond acceptors (Lipinski definition) is 3. The van der Waals surface area contributed by atoms with Crippen molar-refractivity contribution in [2.45, 2.75) is 34.1 Å². The van der Waals surface area contributed by atoms with E-state index in [1.807, 2.05) is 6.92 Å². The summed E-state index contributed by atoms with van der Waals surface area (Å²) in [5.41, 5.74) is 4.80. The van der Waals surface area contributed by atoms with Crippen LogP contribution >= 0.6 is 0 Å². The van der Waals surface area contributed by atoms with Crippen LogP contribution in [0.5, 0.6) is 0 Å². The van der Waals surface area contributed by atoms with E-state index in [1.165, 1.54) is 16.7 Å². The van der Waals surface area contributed by atoms with E-state index >= 15 is 0 Å². The summed E-state index contributed by atoms with van der Waals surface area (Å²) < 4.78 is 0. The first-order valence-corrected chi connectivity index (χ1v) is 6.52. The Bertz CT molecular complexity index is 655. The third-order valence-corrected chi connectivity index (χ3v) is 3.38. The summed E-state index contributed by atoms with van der Waals surface area (Å²) in [7, 11) is 0. The smallest absolute Gasteiger partial charge is 0.339 e. The predicted molar refractivity (Wildman–Crippen MR) is 77.2 cm³/mol. The molecule has 2 aromatic rings. The maximum atomic E-state index is 11.1. The van der Waals surface area contributed by atoms with Crippen molar-refractivity contribution in [2.75, 3.05) is 0 Å². The lowest BCUT2D eigenvalue weighted by Crippen LogP contribution is -2.10. The van der Waals surface area contributed by atoms with E-state index in [-0.39, 0.29) is 5.56 Å². The molecule has 0 saturated heterocycles. The minimum Gasteiger partial charge on any atom is -0.478 e. The van der Waals surface area contributed by atoms with Crippen molar-refractivity contribution in [3.8, 4) is 0 Å². The number of carbonyl (C=O) groups is 1. The van der Waals surface area contributed by atoms with E-state index in [1.54, 1.807) is 13.8 Å². The lowest BCUT2D eigenvalue weighted by molar-refractivity contribution is 0.0694. The van der Waals surface area contributed by atoms with Gasteiger partial charge in [0.2, 0.25) is 0 Å². The summed E-state index contributed by atoms with van der Waals surface area (Å²) in [5.74, 6) is -0.308. The molecule has 0 amide bonds. The molecule has 0 saturated carbocycles. The van der Waals surface area contributed by atoms with Crippen LogP contribution in [-0.2, 0) is 6.42 Å². The van der Waals surface area contributed by atoms with Crippen LogP contribution in [0.25, 0.3) is 0 Å². The van der Waals surface area contributed by atoms with Gasteiger partial charge in [-0.3, -0.25) is 0 Å². The standard InChI is InChI=1S/C16H18N2O2/c1-9-5-6-10(2)13(7-9)8-14-17-11(3)15(16(19)20)12(4)18-14/h5-7H,8H2,1-4H3,(H,19,20). The molecule has 0 bridgehead atoms. The van der Waals surface area contributed by atoms with Crippen molar-refractivity contribution >= 4 is 5.97 Å². The SMILES string of the molecule is Cc1ccc(C)c(Cc2nc(C)c(C(=O)O)c(C)n2)c1. The van der Waals surface area contributed by atoms with Crippen LogP contribution in [0.2, 0.25) is 0 Å². The number of aryl methyl sites for hydroxylation is 4. The Hall–Kier alpha value is -2.23. The first kappa shape index (κ1) is 14.2. The summed E-state index contributed by atoms with van der Waals surface area (Å²) in [6.07, 6.45) is 0.620. The molecule has 2 rings (SSSR count). The van der Waals surface area contributed by atoms with Gasteiger partial charge in [-0.15, -0.1) is 0 Å². The van der Waals surface area contributed by atoms with Crippen LogP contribution in [0.3, 0.4) is 0 Å². The predicted octanol–water partition coefficient (Wildman–Crippen LogP) is 3.00. The van der Waals surface area contributed by atoms with Crippen molar-refractivity contribution in [2.24, 2.45) is 0 Å². The zero-order chi connectivity index (χ0) is 14.9. The van der Waals surface area contributed by atoms with Crippen LogP contribution in [0, 0.1) is 27.7 Å². The van der Waals surface area contributed by atoms with E-state index < -0.39 is 5.97 Å². The highest BCUT2D eigenvalue weighted by atomic mass is 16.4. The summed E-state index contributed by atoms with van der Waals surface area (Å²) in [6.45, 7) is 7.53. The molecule has 4 heteroatoms. The number of carboxylic acid groups (broad SMARTS) is 1. The molecule has 0 aliphatic carbocycles. The second kappa shape index (κ2) is 5.41. The molecule has 4 nitrogen and oxygen atoms in total. The Labute approximate surface area is 118 Å². The van der Waals surface area contributed by atoms with Crippen LogP contribution in [-0.4, -0.2) is 21.0 Å². The molecule has 1 heterocycles. The maximum Gasteiger partial charge on any atom is 0.339 e. The van der Waals surface area contributed by atoms with E-state index in [4.69, 9.17) is 5.11 Å². The number of nitrogens with zero attached hydrogens (tertiary/aromatic N) is 2. The second-order valence-corrected chi connectivity index (χ2v) is 5.10. The molecule has 1 aromatic carbocycles. The summed E-state index contributed by atoms with van der Waals surface area (Å²) in [6, 6.07) is 6.27. The minimum absolute atomic E-state index is 0.203. The average molecular weight is 270 g/mol. The van der Waals surface area contributed by atoms with Gasteiger partial charge in [0.25, 0.3) is 0 Å². The van der Waals surface area contributed by atoms with Gasteiger partial charge in [0.05, 0.1) is 11.4 Å². The monoisotopic (exact) mass is 270 g/mol. The van der Waals surface area contributed by atoms with Crippen molar-refractivity contribution < 1.29 is 9.90 Å². The Morgan fingerprint density at radius 1 is 1.10 bits per heavy atom. The first-order chi connectivity index (χ1) is 9.38. The topological polar surface area (TPSA) is 63.1 Å². The molecule has 0 radical (unpaired) electrons. The van der Waals surface area contributed by atoms with Crippen LogP contribution in [0.4, 0.5) is 0 Å². The largest absolute Gasteiger partial charge is 0.478 e. The van der Waals surface area contributed by atoms with Gasteiger partial charge >= 0.3 is 5.97 Å². The van der Waals surface area contributed by atoms with Crippen LogP contribution < -0.4 is 0 Å². The fourth-order valence-corrected chi connectivity index (χ4v) is 2.34. The molecular formula is C16H18N2O2. The van der Waals surface area contributed by atoms with Crippen molar-refractivity contribution in [1.82, 2.24) is 9.97 Å². The first-order valence-electron chi connectivity index (χ1n) is 6.52. The van der Waals surface area contributed by atoms with Gasteiger partial charge in [-0.05, 0) is 38.8 Å². The molecule has 0 aliphatic heterocycles. The normalized spacial score (nSPS) is 10.6. The lowest BCUT2D eigenvalue weighted by Gasteiger charge is -2.09. The fourth-order valence-electron chi connectivity index (χ4n) is 2.34. The highest BCUT2D eigenvalue weighted by Gasteiger charge is 2.15. The lowest BCUT2D eigenvalue weighted by atomic mass is 10.0. The van der Waals surface area contributed by atoms with E-state index in [9.17, 15) is 4.79 Å². The maximum absolute atomic E-state index is 11.1. The summed E-state index contributed by atoms with van der Waals surface area (Å²) in [5, 5.41) is 9.13. The van der Waals surface area contributed by atoms with Gasteiger partial charge in [0.1, 0.15) is 11.4 Å².